The number of nitrogens with one attached hydrogen (secondary N) is 1. The van der Waals surface area contributed by atoms with E-state index in [1.165, 1.54) is 5.56 Å². The largest absolute Gasteiger partial charge is 0.360 e. The van der Waals surface area contributed by atoms with Crippen LogP contribution in [0.3, 0.4) is 0 Å². The zero-order valence-corrected chi connectivity index (χ0v) is 11.1. The van der Waals surface area contributed by atoms with Crippen molar-refractivity contribution in [1.29, 1.82) is 0 Å². The van der Waals surface area contributed by atoms with Crippen LogP contribution >= 0.6 is 0 Å². The monoisotopic (exact) mass is 247 g/mol. The molecule has 4 heteroatoms. The van der Waals surface area contributed by atoms with Crippen LogP contribution in [-0.4, -0.2) is 51.1 Å². The van der Waals surface area contributed by atoms with Crippen LogP contribution in [0.25, 0.3) is 0 Å². The van der Waals surface area contributed by atoms with Gasteiger partial charge in [0.1, 0.15) is 0 Å². The van der Waals surface area contributed by atoms with Crippen molar-refractivity contribution in [3.8, 4) is 0 Å². The fraction of sp³-hybridized carbons (Fsp3) is 0.500. The standard InChI is InChI=1S/C14H21N3O/c1-15-8-7-12-3-5-13(6-4-12)17-10-9-16(2)14(18)11-17/h3-6,15H,7-11H2,1-2H3. The molecule has 1 heterocycles. The Morgan fingerprint density at radius 3 is 2.56 bits per heavy atom. The van der Waals surface area contributed by atoms with Gasteiger partial charge in [0.05, 0.1) is 6.54 Å². The normalized spacial score (nSPS) is 16.2. The minimum absolute atomic E-state index is 0.195. The van der Waals surface area contributed by atoms with Crippen molar-refractivity contribution >= 4 is 11.6 Å². The van der Waals surface area contributed by atoms with Crippen molar-refractivity contribution in [1.82, 2.24) is 10.2 Å². The molecule has 18 heavy (non-hydrogen) atoms. The number of anilines is 1. The molecule has 1 aromatic rings. The van der Waals surface area contributed by atoms with Gasteiger partial charge in [-0.3, -0.25) is 4.79 Å². The van der Waals surface area contributed by atoms with Gasteiger partial charge in [0.25, 0.3) is 0 Å². The van der Waals surface area contributed by atoms with Gasteiger partial charge < -0.3 is 15.1 Å². The van der Waals surface area contributed by atoms with Crippen molar-refractivity contribution < 1.29 is 4.79 Å². The number of piperazine rings is 1. The van der Waals surface area contributed by atoms with Crippen molar-refractivity contribution in [3.05, 3.63) is 29.8 Å². The van der Waals surface area contributed by atoms with Crippen LogP contribution in [0.5, 0.6) is 0 Å². The van der Waals surface area contributed by atoms with E-state index in [-0.39, 0.29) is 5.91 Å². The molecule has 0 saturated carbocycles. The number of benzene rings is 1. The van der Waals surface area contributed by atoms with Gasteiger partial charge in [-0.15, -0.1) is 0 Å². The van der Waals surface area contributed by atoms with Crippen LogP contribution < -0.4 is 10.2 Å². The molecule has 1 N–H and O–H groups in total. The SMILES string of the molecule is CNCCc1ccc(N2CCN(C)C(=O)C2)cc1. The molecule has 1 aliphatic rings. The molecule has 0 aromatic heterocycles. The first-order chi connectivity index (χ1) is 8.70. The van der Waals surface area contributed by atoms with Crippen LogP contribution in [0, 0.1) is 0 Å². The Morgan fingerprint density at radius 1 is 1.22 bits per heavy atom. The predicted octanol–water partition coefficient (Wildman–Crippen LogP) is 0.727. The first-order valence-electron chi connectivity index (χ1n) is 6.43. The lowest BCUT2D eigenvalue weighted by Gasteiger charge is -2.33. The van der Waals surface area contributed by atoms with Crippen LogP contribution in [0.1, 0.15) is 5.56 Å². The quantitative estimate of drug-likeness (QED) is 0.852. The molecule has 98 valence electrons. The first-order valence-corrected chi connectivity index (χ1v) is 6.43. The number of nitrogens with zero attached hydrogens (tertiary/aromatic N) is 2. The Morgan fingerprint density at radius 2 is 1.94 bits per heavy atom. The van der Waals surface area contributed by atoms with E-state index in [1.54, 1.807) is 4.90 Å². The molecular formula is C14H21N3O. The molecule has 0 atom stereocenters. The molecule has 0 spiro atoms. The molecule has 0 radical (unpaired) electrons. The van der Waals surface area contributed by atoms with Crippen molar-refractivity contribution in [2.45, 2.75) is 6.42 Å². The lowest BCUT2D eigenvalue weighted by atomic mass is 10.1. The Balaban J connectivity index is 1.99. The molecule has 0 bridgehead atoms. The average molecular weight is 247 g/mol. The van der Waals surface area contributed by atoms with E-state index in [0.29, 0.717) is 6.54 Å². The molecule has 1 saturated heterocycles. The van der Waals surface area contributed by atoms with E-state index >= 15 is 0 Å². The van der Waals surface area contributed by atoms with Gasteiger partial charge in [-0.1, -0.05) is 12.1 Å². The van der Waals surface area contributed by atoms with Crippen LogP contribution in [-0.2, 0) is 11.2 Å². The number of hydrogen-bond acceptors (Lipinski definition) is 3. The van der Waals surface area contributed by atoms with Gasteiger partial charge in [0, 0.05) is 25.8 Å². The zero-order valence-electron chi connectivity index (χ0n) is 11.1. The Kier molecular flexibility index (Phi) is 4.20. The van der Waals surface area contributed by atoms with Crippen LogP contribution in [0.15, 0.2) is 24.3 Å². The van der Waals surface area contributed by atoms with Gasteiger partial charge in [0.15, 0.2) is 0 Å². The Hall–Kier alpha value is -1.55. The first kappa shape index (κ1) is 12.9. The molecular weight excluding hydrogens is 226 g/mol. The summed E-state index contributed by atoms with van der Waals surface area (Å²) in [6, 6.07) is 8.53. The Labute approximate surface area is 109 Å². The number of carbonyl (C=O) groups is 1. The van der Waals surface area contributed by atoms with Crippen molar-refractivity contribution in [2.75, 3.05) is 45.2 Å². The molecule has 1 fully saturated rings. The molecule has 1 amide bonds. The molecule has 2 rings (SSSR count). The van der Waals surface area contributed by atoms with E-state index in [0.717, 1.165) is 31.7 Å². The number of rotatable bonds is 4. The maximum absolute atomic E-state index is 11.7. The van der Waals surface area contributed by atoms with Crippen molar-refractivity contribution in [2.24, 2.45) is 0 Å². The zero-order chi connectivity index (χ0) is 13.0. The summed E-state index contributed by atoms with van der Waals surface area (Å²) < 4.78 is 0. The highest BCUT2D eigenvalue weighted by molar-refractivity contribution is 5.82. The predicted molar refractivity (Wildman–Crippen MR) is 73.9 cm³/mol. The highest BCUT2D eigenvalue weighted by Crippen LogP contribution is 2.17. The molecule has 4 nitrogen and oxygen atoms in total. The van der Waals surface area contributed by atoms with Gasteiger partial charge in [-0.05, 0) is 37.7 Å². The third-order valence-electron chi connectivity index (χ3n) is 3.42. The summed E-state index contributed by atoms with van der Waals surface area (Å²) >= 11 is 0. The summed E-state index contributed by atoms with van der Waals surface area (Å²) in [4.78, 5) is 15.6. The second kappa shape index (κ2) is 5.87. The summed E-state index contributed by atoms with van der Waals surface area (Å²) in [5, 5.41) is 3.14. The highest BCUT2D eigenvalue weighted by Gasteiger charge is 2.20. The number of amides is 1. The van der Waals surface area contributed by atoms with E-state index in [4.69, 9.17) is 0 Å². The second-order valence-corrected chi connectivity index (χ2v) is 4.76. The molecule has 0 unspecified atom stereocenters. The summed E-state index contributed by atoms with van der Waals surface area (Å²) in [5.41, 5.74) is 2.47. The summed E-state index contributed by atoms with van der Waals surface area (Å²) in [7, 11) is 3.82. The smallest absolute Gasteiger partial charge is 0.241 e. The molecule has 0 aliphatic carbocycles. The third kappa shape index (κ3) is 3.01. The van der Waals surface area contributed by atoms with Crippen LogP contribution in [0.2, 0.25) is 0 Å². The average Bonchev–Trinajstić information content (AvgIpc) is 2.40. The number of carbonyl (C=O) groups excluding carboxylic acids is 1. The Bertz CT molecular complexity index is 402. The van der Waals surface area contributed by atoms with E-state index in [1.807, 2.05) is 14.1 Å². The summed E-state index contributed by atoms with van der Waals surface area (Å²) in [6.45, 7) is 3.21. The van der Waals surface area contributed by atoms with E-state index < -0.39 is 0 Å². The fourth-order valence-electron chi connectivity index (χ4n) is 2.12. The van der Waals surface area contributed by atoms with Gasteiger partial charge in [-0.25, -0.2) is 0 Å². The summed E-state index contributed by atoms with van der Waals surface area (Å²) in [6.07, 6.45) is 1.04. The highest BCUT2D eigenvalue weighted by atomic mass is 16.2. The maximum Gasteiger partial charge on any atom is 0.241 e. The fourth-order valence-corrected chi connectivity index (χ4v) is 2.12. The molecule has 1 aliphatic heterocycles. The second-order valence-electron chi connectivity index (χ2n) is 4.76. The van der Waals surface area contributed by atoms with E-state index in [2.05, 4.69) is 34.5 Å². The molecule has 1 aromatic carbocycles. The minimum atomic E-state index is 0.195. The maximum atomic E-state index is 11.7. The number of likely N-dealkylation sites (N-methyl/N-ethyl adjacent to an activating group) is 2. The third-order valence-corrected chi connectivity index (χ3v) is 3.42. The minimum Gasteiger partial charge on any atom is -0.360 e. The van der Waals surface area contributed by atoms with Gasteiger partial charge >= 0.3 is 0 Å². The lowest BCUT2D eigenvalue weighted by molar-refractivity contribution is -0.129. The van der Waals surface area contributed by atoms with Gasteiger partial charge in [-0.2, -0.15) is 0 Å². The number of hydrogen-bond donors (Lipinski definition) is 1. The topological polar surface area (TPSA) is 35.6 Å². The van der Waals surface area contributed by atoms with E-state index in [9.17, 15) is 4.79 Å². The van der Waals surface area contributed by atoms with Gasteiger partial charge in [0.2, 0.25) is 5.91 Å². The van der Waals surface area contributed by atoms with Crippen LogP contribution in [0.4, 0.5) is 5.69 Å². The van der Waals surface area contributed by atoms with Crippen molar-refractivity contribution in [3.63, 3.8) is 0 Å². The summed E-state index contributed by atoms with van der Waals surface area (Å²) in [5.74, 6) is 0.195. The lowest BCUT2D eigenvalue weighted by Crippen LogP contribution is -2.48.